The number of likely N-dealkylation sites (tertiary alicyclic amines) is 1. The zero-order valence-electron chi connectivity index (χ0n) is 21.9. The van der Waals surface area contributed by atoms with E-state index in [0.717, 1.165) is 23.5 Å². The Hall–Kier alpha value is -4.10. The summed E-state index contributed by atoms with van der Waals surface area (Å²) < 4.78 is 5.21. The maximum atomic E-state index is 13.0. The molecule has 0 radical (unpaired) electrons. The highest BCUT2D eigenvalue weighted by molar-refractivity contribution is 6.32. The summed E-state index contributed by atoms with van der Waals surface area (Å²) in [6.45, 7) is 5.24. The van der Waals surface area contributed by atoms with Gasteiger partial charge in [0.1, 0.15) is 5.75 Å². The minimum Gasteiger partial charge on any atom is -0.497 e. The van der Waals surface area contributed by atoms with Gasteiger partial charge in [-0.3, -0.25) is 14.5 Å². The van der Waals surface area contributed by atoms with Crippen LogP contribution < -0.4 is 20.7 Å². The number of amides is 2. The zero-order chi connectivity index (χ0) is 26.5. The molecule has 2 aliphatic heterocycles. The molecule has 2 amide bonds. The Morgan fingerprint density at radius 2 is 1.76 bits per heavy atom. The average molecular weight is 511 g/mol. The number of benzene rings is 3. The molecule has 7 nitrogen and oxygen atoms in total. The van der Waals surface area contributed by atoms with Crippen LogP contribution in [0.15, 0.2) is 72.9 Å². The summed E-state index contributed by atoms with van der Waals surface area (Å²) in [4.78, 5) is 28.2. The molecular formula is C31H34N4O3. The molecule has 0 saturated carbocycles. The molecule has 3 aromatic carbocycles. The summed E-state index contributed by atoms with van der Waals surface area (Å²) in [6, 6.07) is 21.0. The first-order chi connectivity index (χ1) is 18.5. The van der Waals surface area contributed by atoms with E-state index < -0.39 is 0 Å². The van der Waals surface area contributed by atoms with Crippen molar-refractivity contribution >= 4 is 28.8 Å². The number of methoxy groups -OCH3 is 1. The molecule has 1 fully saturated rings. The fourth-order valence-corrected chi connectivity index (χ4v) is 4.97. The summed E-state index contributed by atoms with van der Waals surface area (Å²) in [5, 5.41) is 9.17. The number of nitrogens with zero attached hydrogens (tertiary/aromatic N) is 1. The highest BCUT2D eigenvalue weighted by atomic mass is 16.5. The van der Waals surface area contributed by atoms with Crippen LogP contribution >= 0.6 is 0 Å². The van der Waals surface area contributed by atoms with Crippen LogP contribution in [0.25, 0.3) is 5.57 Å². The molecule has 2 heterocycles. The molecule has 1 atom stereocenters. The maximum absolute atomic E-state index is 13.0. The standard InChI is InChI=1S/C31H34N4O3/c1-21(23-8-13-26(38-2)14-9-23)33-30(36)24-10-15-29-27(18-24)28(31(37)34-29)19-32-25-11-6-22(7-12-25)20-35-16-4-3-5-17-35/h6-15,18-19,21,32H,3-5,16-17,20H2,1-2H3,(H,33,36)(H,34,37)/b28-19-. The van der Waals surface area contributed by atoms with Gasteiger partial charge in [0, 0.05) is 35.2 Å². The van der Waals surface area contributed by atoms with Crippen molar-refractivity contribution in [2.24, 2.45) is 0 Å². The molecule has 2 aliphatic rings. The van der Waals surface area contributed by atoms with Crippen molar-refractivity contribution in [1.29, 1.82) is 0 Å². The Labute approximate surface area is 223 Å². The van der Waals surface area contributed by atoms with Crippen molar-refractivity contribution in [2.75, 3.05) is 30.8 Å². The molecule has 5 rings (SSSR count). The summed E-state index contributed by atoms with van der Waals surface area (Å²) >= 11 is 0. The summed E-state index contributed by atoms with van der Waals surface area (Å²) in [7, 11) is 1.62. The van der Waals surface area contributed by atoms with Crippen LogP contribution in [0.2, 0.25) is 0 Å². The predicted octanol–water partition coefficient (Wildman–Crippen LogP) is 5.58. The van der Waals surface area contributed by atoms with Gasteiger partial charge < -0.3 is 20.7 Å². The lowest BCUT2D eigenvalue weighted by Gasteiger charge is -2.26. The van der Waals surface area contributed by atoms with Crippen LogP contribution in [0.1, 0.15) is 59.3 Å². The van der Waals surface area contributed by atoms with Crippen LogP contribution in [-0.4, -0.2) is 36.9 Å². The fraction of sp³-hybridized carbons (Fsp3) is 0.290. The number of anilines is 2. The van der Waals surface area contributed by atoms with Crippen LogP contribution in [-0.2, 0) is 11.3 Å². The summed E-state index contributed by atoms with van der Waals surface area (Å²) in [5.41, 5.74) is 5.55. The number of carbonyl (C=O) groups excluding carboxylic acids is 2. The fourth-order valence-electron chi connectivity index (χ4n) is 4.97. The minimum atomic E-state index is -0.202. The zero-order valence-corrected chi connectivity index (χ0v) is 21.9. The first-order valence-electron chi connectivity index (χ1n) is 13.2. The van der Waals surface area contributed by atoms with Crippen molar-refractivity contribution in [2.45, 2.75) is 38.8 Å². The lowest BCUT2D eigenvalue weighted by Crippen LogP contribution is -2.29. The Kier molecular flexibility index (Phi) is 7.75. The molecule has 3 aromatic rings. The molecule has 0 spiro atoms. The van der Waals surface area contributed by atoms with Gasteiger partial charge in [-0.05, 0) is 86.4 Å². The Morgan fingerprint density at radius 1 is 1.03 bits per heavy atom. The van der Waals surface area contributed by atoms with Gasteiger partial charge in [-0.1, -0.05) is 30.7 Å². The largest absolute Gasteiger partial charge is 0.497 e. The van der Waals surface area contributed by atoms with Crippen molar-refractivity contribution in [1.82, 2.24) is 10.2 Å². The normalized spacial score (nSPS) is 17.0. The third kappa shape index (κ3) is 5.89. The van der Waals surface area contributed by atoms with Gasteiger partial charge in [0.2, 0.25) is 0 Å². The first kappa shape index (κ1) is 25.5. The van der Waals surface area contributed by atoms with E-state index in [-0.39, 0.29) is 17.9 Å². The molecule has 1 saturated heterocycles. The smallest absolute Gasteiger partial charge is 0.257 e. The lowest BCUT2D eigenvalue weighted by atomic mass is 10.0. The Morgan fingerprint density at radius 3 is 2.47 bits per heavy atom. The monoisotopic (exact) mass is 510 g/mol. The SMILES string of the molecule is COc1ccc(C(C)NC(=O)c2ccc3c(c2)/C(=C/Nc2ccc(CN4CCCCC4)cc2)C(=O)N3)cc1. The molecule has 1 unspecified atom stereocenters. The topological polar surface area (TPSA) is 82.7 Å². The second kappa shape index (κ2) is 11.5. The van der Waals surface area contributed by atoms with Gasteiger partial charge in [-0.2, -0.15) is 0 Å². The van der Waals surface area contributed by atoms with E-state index in [4.69, 9.17) is 4.74 Å². The first-order valence-corrected chi connectivity index (χ1v) is 13.2. The predicted molar refractivity (Wildman–Crippen MR) is 151 cm³/mol. The van der Waals surface area contributed by atoms with Gasteiger partial charge in [0.05, 0.1) is 18.7 Å². The third-order valence-electron chi connectivity index (χ3n) is 7.22. The van der Waals surface area contributed by atoms with E-state index in [1.54, 1.807) is 31.5 Å². The maximum Gasteiger partial charge on any atom is 0.257 e. The van der Waals surface area contributed by atoms with Gasteiger partial charge in [0.15, 0.2) is 0 Å². The second-order valence-electron chi connectivity index (χ2n) is 9.92. The van der Waals surface area contributed by atoms with E-state index in [1.165, 1.54) is 37.9 Å². The molecule has 7 heteroatoms. The molecule has 0 aliphatic carbocycles. The average Bonchev–Trinajstić information content (AvgIpc) is 3.27. The summed E-state index contributed by atoms with van der Waals surface area (Å²) in [5.74, 6) is 0.370. The number of hydrogen-bond acceptors (Lipinski definition) is 5. The molecule has 0 bridgehead atoms. The quantitative estimate of drug-likeness (QED) is 0.345. The third-order valence-corrected chi connectivity index (χ3v) is 7.22. The number of ether oxygens (including phenoxy) is 1. The highest BCUT2D eigenvalue weighted by Crippen LogP contribution is 2.33. The number of nitrogens with one attached hydrogen (secondary N) is 3. The van der Waals surface area contributed by atoms with Crippen molar-refractivity contribution < 1.29 is 14.3 Å². The van der Waals surface area contributed by atoms with Gasteiger partial charge in [0.25, 0.3) is 11.8 Å². The number of rotatable bonds is 8. The molecule has 38 heavy (non-hydrogen) atoms. The van der Waals surface area contributed by atoms with E-state index >= 15 is 0 Å². The Bertz CT molecular complexity index is 1330. The highest BCUT2D eigenvalue weighted by Gasteiger charge is 2.25. The van der Waals surface area contributed by atoms with Gasteiger partial charge >= 0.3 is 0 Å². The van der Waals surface area contributed by atoms with Gasteiger partial charge in [-0.25, -0.2) is 0 Å². The van der Waals surface area contributed by atoms with E-state index in [2.05, 4.69) is 33.0 Å². The lowest BCUT2D eigenvalue weighted by molar-refractivity contribution is -0.110. The van der Waals surface area contributed by atoms with Crippen molar-refractivity contribution in [3.05, 3.63) is 95.2 Å². The molecule has 0 aromatic heterocycles. The number of hydrogen-bond donors (Lipinski definition) is 3. The molecule has 3 N–H and O–H groups in total. The molecular weight excluding hydrogens is 476 g/mol. The van der Waals surface area contributed by atoms with E-state index in [9.17, 15) is 9.59 Å². The Balaban J connectivity index is 1.25. The van der Waals surface area contributed by atoms with Crippen molar-refractivity contribution in [3.63, 3.8) is 0 Å². The van der Waals surface area contributed by atoms with Gasteiger partial charge in [-0.15, -0.1) is 0 Å². The second-order valence-corrected chi connectivity index (χ2v) is 9.92. The van der Waals surface area contributed by atoms with E-state index in [0.29, 0.717) is 22.4 Å². The van der Waals surface area contributed by atoms with Crippen LogP contribution in [0.4, 0.5) is 11.4 Å². The summed E-state index contributed by atoms with van der Waals surface area (Å²) in [6.07, 6.45) is 5.60. The molecule has 196 valence electrons. The minimum absolute atomic E-state index is 0.184. The number of carbonyl (C=O) groups is 2. The number of fused-ring (bicyclic) bond motifs is 1. The number of piperidine rings is 1. The van der Waals surface area contributed by atoms with Crippen LogP contribution in [0.3, 0.4) is 0 Å². The van der Waals surface area contributed by atoms with Crippen molar-refractivity contribution in [3.8, 4) is 5.75 Å². The van der Waals surface area contributed by atoms with E-state index in [1.807, 2.05) is 43.3 Å². The van der Waals surface area contributed by atoms with Crippen LogP contribution in [0.5, 0.6) is 5.75 Å². The van der Waals surface area contributed by atoms with Crippen LogP contribution in [0, 0.1) is 0 Å².